The van der Waals surface area contributed by atoms with Gasteiger partial charge in [0, 0.05) is 25.4 Å². The Bertz CT molecular complexity index is 233. The van der Waals surface area contributed by atoms with Crippen molar-refractivity contribution in [3.63, 3.8) is 0 Å². The second-order valence-corrected chi connectivity index (χ2v) is 4.34. The molecular weight excluding hydrogens is 162 g/mol. The van der Waals surface area contributed by atoms with Gasteiger partial charge in [-0.05, 0) is 25.8 Å². The number of aliphatic hydroxyl groups is 1. The van der Waals surface area contributed by atoms with E-state index < -0.39 is 5.60 Å². The Morgan fingerprint density at radius 3 is 3.15 bits per heavy atom. The summed E-state index contributed by atoms with van der Waals surface area (Å²) in [6.07, 6.45) is 8.81. The first-order valence-electron chi connectivity index (χ1n) is 5.13. The van der Waals surface area contributed by atoms with E-state index >= 15 is 0 Å². The molecular formula is C11H17NO. The molecule has 2 heterocycles. The highest BCUT2D eigenvalue weighted by molar-refractivity contribution is 4.99. The van der Waals surface area contributed by atoms with E-state index in [4.69, 9.17) is 6.42 Å². The molecule has 3 unspecified atom stereocenters. The standard InChI is InChI=1S/C11H17NO/c1-2-3-5-11(13)6-8-12-7-4-10(11)9-12/h1,10,13H,3-9H2. The van der Waals surface area contributed by atoms with E-state index in [1.807, 2.05) is 0 Å². The van der Waals surface area contributed by atoms with E-state index in [2.05, 4.69) is 10.8 Å². The second kappa shape index (κ2) is 3.32. The Morgan fingerprint density at radius 1 is 1.54 bits per heavy atom. The third-order valence-electron chi connectivity index (χ3n) is 3.60. The number of nitrogens with zero attached hydrogens (tertiary/aromatic N) is 1. The molecule has 0 radical (unpaired) electrons. The average molecular weight is 179 g/mol. The molecule has 0 saturated carbocycles. The summed E-state index contributed by atoms with van der Waals surface area (Å²) in [5.41, 5.74) is -0.445. The van der Waals surface area contributed by atoms with Crippen LogP contribution in [0.15, 0.2) is 0 Å². The lowest BCUT2D eigenvalue weighted by Crippen LogP contribution is -2.46. The Kier molecular flexibility index (Phi) is 2.31. The van der Waals surface area contributed by atoms with Crippen LogP contribution in [-0.4, -0.2) is 35.2 Å². The van der Waals surface area contributed by atoms with Crippen LogP contribution in [0.1, 0.15) is 25.7 Å². The fourth-order valence-electron chi connectivity index (χ4n) is 2.65. The molecule has 2 bridgehead atoms. The van der Waals surface area contributed by atoms with Crippen LogP contribution in [0.3, 0.4) is 0 Å². The van der Waals surface area contributed by atoms with E-state index in [0.717, 1.165) is 32.4 Å². The molecule has 0 amide bonds. The molecule has 0 spiro atoms. The maximum absolute atomic E-state index is 10.4. The fraction of sp³-hybridized carbons (Fsp3) is 0.818. The zero-order chi connectivity index (χ0) is 9.31. The van der Waals surface area contributed by atoms with Gasteiger partial charge in [0.15, 0.2) is 0 Å². The lowest BCUT2D eigenvalue weighted by atomic mass is 9.79. The molecule has 13 heavy (non-hydrogen) atoms. The van der Waals surface area contributed by atoms with Gasteiger partial charge in [0.1, 0.15) is 0 Å². The lowest BCUT2D eigenvalue weighted by Gasteiger charge is -2.38. The van der Waals surface area contributed by atoms with Crippen molar-refractivity contribution in [1.29, 1.82) is 0 Å². The van der Waals surface area contributed by atoms with E-state index in [-0.39, 0.29) is 0 Å². The van der Waals surface area contributed by atoms with Crippen LogP contribution in [0, 0.1) is 18.3 Å². The SMILES string of the molecule is C#CCCC1(O)CCN2CCC1C2. The molecule has 2 aliphatic rings. The topological polar surface area (TPSA) is 23.5 Å². The molecule has 72 valence electrons. The van der Waals surface area contributed by atoms with Crippen molar-refractivity contribution in [1.82, 2.24) is 4.90 Å². The number of hydrogen-bond acceptors (Lipinski definition) is 2. The molecule has 2 nitrogen and oxygen atoms in total. The molecule has 2 saturated heterocycles. The number of terminal acetylenes is 1. The highest BCUT2D eigenvalue weighted by atomic mass is 16.3. The number of rotatable bonds is 2. The number of fused-ring (bicyclic) bond motifs is 2. The third kappa shape index (κ3) is 1.59. The van der Waals surface area contributed by atoms with Gasteiger partial charge in [-0.25, -0.2) is 0 Å². The highest BCUT2D eigenvalue weighted by Gasteiger charge is 2.43. The van der Waals surface area contributed by atoms with E-state index in [0.29, 0.717) is 12.3 Å². The number of hydrogen-bond donors (Lipinski definition) is 1. The van der Waals surface area contributed by atoms with Gasteiger partial charge in [0.05, 0.1) is 5.60 Å². The minimum Gasteiger partial charge on any atom is -0.389 e. The smallest absolute Gasteiger partial charge is 0.0709 e. The summed E-state index contributed by atoms with van der Waals surface area (Å²) < 4.78 is 0. The van der Waals surface area contributed by atoms with Gasteiger partial charge in [0.25, 0.3) is 0 Å². The third-order valence-corrected chi connectivity index (χ3v) is 3.60. The van der Waals surface area contributed by atoms with Gasteiger partial charge in [-0.15, -0.1) is 12.3 Å². The molecule has 0 aromatic carbocycles. The minimum absolute atomic E-state index is 0.445. The summed E-state index contributed by atoms with van der Waals surface area (Å²) in [7, 11) is 0. The van der Waals surface area contributed by atoms with Gasteiger partial charge in [-0.1, -0.05) is 0 Å². The molecule has 2 fully saturated rings. The van der Waals surface area contributed by atoms with Crippen molar-refractivity contribution < 1.29 is 5.11 Å². The first kappa shape index (κ1) is 9.05. The normalized spacial score (nSPS) is 43.1. The quantitative estimate of drug-likeness (QED) is 0.635. The zero-order valence-electron chi connectivity index (χ0n) is 8.00. The van der Waals surface area contributed by atoms with Gasteiger partial charge < -0.3 is 10.0 Å². The molecule has 1 N–H and O–H groups in total. The van der Waals surface area contributed by atoms with Crippen LogP contribution in [0.25, 0.3) is 0 Å². The molecule has 2 aliphatic heterocycles. The largest absolute Gasteiger partial charge is 0.389 e. The first-order valence-corrected chi connectivity index (χ1v) is 5.13. The molecule has 2 heteroatoms. The van der Waals surface area contributed by atoms with Crippen LogP contribution in [-0.2, 0) is 0 Å². The maximum Gasteiger partial charge on any atom is 0.0709 e. The van der Waals surface area contributed by atoms with Crippen molar-refractivity contribution in [2.75, 3.05) is 19.6 Å². The molecule has 0 aromatic heterocycles. The Balaban J connectivity index is 2.01. The monoisotopic (exact) mass is 179 g/mol. The highest BCUT2D eigenvalue weighted by Crippen LogP contribution is 2.38. The summed E-state index contributed by atoms with van der Waals surface area (Å²) in [6, 6.07) is 0. The van der Waals surface area contributed by atoms with E-state index in [9.17, 15) is 5.11 Å². The van der Waals surface area contributed by atoms with Gasteiger partial charge in [-0.3, -0.25) is 0 Å². The van der Waals surface area contributed by atoms with Gasteiger partial charge in [-0.2, -0.15) is 0 Å². The summed E-state index contributed by atoms with van der Waals surface area (Å²) in [5, 5.41) is 10.4. The van der Waals surface area contributed by atoms with Crippen molar-refractivity contribution >= 4 is 0 Å². The van der Waals surface area contributed by atoms with Crippen molar-refractivity contribution in [3.05, 3.63) is 0 Å². The summed E-state index contributed by atoms with van der Waals surface area (Å²) in [5.74, 6) is 3.11. The predicted octanol–water partition coefficient (Wildman–Crippen LogP) is 0.857. The molecule has 3 atom stereocenters. The Hall–Kier alpha value is -0.520. The van der Waals surface area contributed by atoms with Crippen LogP contribution in [0.5, 0.6) is 0 Å². The van der Waals surface area contributed by atoms with E-state index in [1.54, 1.807) is 0 Å². The summed E-state index contributed by atoms with van der Waals surface area (Å²) in [6.45, 7) is 3.31. The average Bonchev–Trinajstić information content (AvgIpc) is 2.55. The van der Waals surface area contributed by atoms with Crippen LogP contribution < -0.4 is 0 Å². The van der Waals surface area contributed by atoms with Crippen LogP contribution in [0.2, 0.25) is 0 Å². The number of piperidine rings is 1. The van der Waals surface area contributed by atoms with Gasteiger partial charge >= 0.3 is 0 Å². The van der Waals surface area contributed by atoms with Crippen molar-refractivity contribution in [3.8, 4) is 12.3 Å². The summed E-state index contributed by atoms with van der Waals surface area (Å²) >= 11 is 0. The molecule has 0 aliphatic carbocycles. The second-order valence-electron chi connectivity index (χ2n) is 4.34. The van der Waals surface area contributed by atoms with Crippen LogP contribution >= 0.6 is 0 Å². The fourth-order valence-corrected chi connectivity index (χ4v) is 2.65. The zero-order valence-corrected chi connectivity index (χ0v) is 8.00. The minimum atomic E-state index is -0.445. The Morgan fingerprint density at radius 2 is 2.38 bits per heavy atom. The van der Waals surface area contributed by atoms with Crippen LogP contribution in [0.4, 0.5) is 0 Å². The maximum atomic E-state index is 10.4. The lowest BCUT2D eigenvalue weighted by molar-refractivity contribution is -0.0497. The first-order chi connectivity index (χ1) is 6.24. The van der Waals surface area contributed by atoms with Crippen molar-refractivity contribution in [2.24, 2.45) is 5.92 Å². The molecule has 0 aromatic rings. The van der Waals surface area contributed by atoms with Gasteiger partial charge in [0.2, 0.25) is 0 Å². The van der Waals surface area contributed by atoms with E-state index in [1.165, 1.54) is 6.54 Å². The molecule has 2 rings (SSSR count). The van der Waals surface area contributed by atoms with Crippen molar-refractivity contribution in [2.45, 2.75) is 31.3 Å². The predicted molar refractivity (Wildman–Crippen MR) is 52.2 cm³/mol. The Labute approximate surface area is 79.9 Å². The summed E-state index contributed by atoms with van der Waals surface area (Å²) in [4.78, 5) is 2.44.